The van der Waals surface area contributed by atoms with Crippen LogP contribution in [-0.2, 0) is 0 Å². The predicted octanol–water partition coefficient (Wildman–Crippen LogP) is 5.80. The van der Waals surface area contributed by atoms with Crippen LogP contribution in [0.4, 0.5) is 14.5 Å². The number of carbonyl (C=O) groups is 2. The Morgan fingerprint density at radius 1 is 1.04 bits per heavy atom. The zero-order valence-electron chi connectivity index (χ0n) is 13.5. The van der Waals surface area contributed by atoms with Crippen molar-refractivity contribution in [1.29, 1.82) is 0 Å². The van der Waals surface area contributed by atoms with Gasteiger partial charge >= 0.3 is 0 Å². The lowest BCUT2D eigenvalue weighted by Gasteiger charge is -2.08. The molecule has 0 saturated carbocycles. The third-order valence-electron chi connectivity index (χ3n) is 3.68. The van der Waals surface area contributed by atoms with Crippen molar-refractivity contribution in [1.82, 2.24) is 0 Å². The van der Waals surface area contributed by atoms with Crippen molar-refractivity contribution in [2.75, 3.05) is 5.32 Å². The quantitative estimate of drug-likeness (QED) is 0.571. The van der Waals surface area contributed by atoms with Gasteiger partial charge in [-0.3, -0.25) is 9.59 Å². The Morgan fingerprint density at radius 3 is 2.19 bits per heavy atom. The molecule has 0 spiro atoms. The Bertz CT molecular complexity index is 979. The second kappa shape index (κ2) is 7.35. The van der Waals surface area contributed by atoms with Crippen LogP contribution in [0.25, 0.3) is 11.1 Å². The fourth-order valence-electron chi connectivity index (χ4n) is 2.38. The fraction of sp³-hybridized carbons (Fsp3) is 0.0526. The molecule has 26 heavy (non-hydrogen) atoms. The number of nitrogens with one attached hydrogen (secondary N) is 1. The number of benzene rings is 2. The van der Waals surface area contributed by atoms with Gasteiger partial charge in [-0.05, 0) is 42.8 Å². The first-order valence-corrected chi connectivity index (χ1v) is 8.72. The molecule has 2 aromatic carbocycles. The summed E-state index contributed by atoms with van der Waals surface area (Å²) in [5.74, 6) is -2.80. The Balaban J connectivity index is 1.82. The smallest absolute Gasteiger partial charge is 0.261 e. The third kappa shape index (κ3) is 3.66. The van der Waals surface area contributed by atoms with Crippen LogP contribution >= 0.6 is 22.9 Å². The van der Waals surface area contributed by atoms with E-state index in [1.165, 1.54) is 24.3 Å². The summed E-state index contributed by atoms with van der Waals surface area (Å²) in [6.07, 6.45) is 0. The number of Topliss-reactive ketones (excluding diaryl/α,β-unsaturated/α-hetero) is 1. The van der Waals surface area contributed by atoms with Gasteiger partial charge in [-0.1, -0.05) is 29.8 Å². The maximum absolute atomic E-state index is 13.7. The number of hydrogen-bond acceptors (Lipinski definition) is 3. The van der Waals surface area contributed by atoms with Gasteiger partial charge in [0.05, 0.1) is 4.88 Å². The number of ketones is 1. The molecule has 0 bridgehead atoms. The van der Waals surface area contributed by atoms with Gasteiger partial charge in [-0.2, -0.15) is 0 Å². The molecule has 1 heterocycles. The average Bonchev–Trinajstić information content (AvgIpc) is 2.97. The van der Waals surface area contributed by atoms with E-state index in [4.69, 9.17) is 11.6 Å². The first-order valence-electron chi connectivity index (χ1n) is 7.53. The molecule has 1 amide bonds. The van der Waals surface area contributed by atoms with Gasteiger partial charge in [-0.25, -0.2) is 8.78 Å². The van der Waals surface area contributed by atoms with E-state index in [1.54, 1.807) is 30.3 Å². The molecule has 0 fully saturated rings. The second-order valence-electron chi connectivity index (χ2n) is 5.48. The number of anilines is 1. The summed E-state index contributed by atoms with van der Waals surface area (Å²) in [6.45, 7) is 1.46. The molecule has 3 aromatic rings. The monoisotopic (exact) mass is 391 g/mol. The molecule has 0 unspecified atom stereocenters. The normalized spacial score (nSPS) is 10.6. The molecule has 0 aliphatic heterocycles. The molecule has 1 aromatic heterocycles. The number of hydrogen-bond donors (Lipinski definition) is 1. The molecule has 0 aliphatic carbocycles. The predicted molar refractivity (Wildman–Crippen MR) is 99.1 cm³/mol. The lowest BCUT2D eigenvalue weighted by Crippen LogP contribution is -2.15. The van der Waals surface area contributed by atoms with Crippen molar-refractivity contribution in [3.63, 3.8) is 0 Å². The van der Waals surface area contributed by atoms with Crippen LogP contribution in [0, 0.1) is 11.6 Å². The van der Waals surface area contributed by atoms with E-state index < -0.39 is 23.1 Å². The van der Waals surface area contributed by atoms with Crippen molar-refractivity contribution in [2.45, 2.75) is 6.92 Å². The molecule has 3 nitrogen and oxygen atoms in total. The number of thiophene rings is 1. The van der Waals surface area contributed by atoms with E-state index in [0.717, 1.165) is 17.7 Å². The molecular formula is C19H12ClF2NO2S. The Morgan fingerprint density at radius 2 is 1.65 bits per heavy atom. The van der Waals surface area contributed by atoms with E-state index in [2.05, 4.69) is 5.32 Å². The standard InChI is InChI=1S/C19H12ClF2NO2S/c1-10(24)16-9-13(18(20)26-16)11-5-7-12(8-6-11)23-19(25)17-14(21)3-2-4-15(17)22/h2-9H,1H3,(H,23,25). The molecule has 0 aliphatic rings. The van der Waals surface area contributed by atoms with E-state index >= 15 is 0 Å². The van der Waals surface area contributed by atoms with Crippen LogP contribution in [-0.4, -0.2) is 11.7 Å². The van der Waals surface area contributed by atoms with E-state index in [0.29, 0.717) is 20.5 Å². The van der Waals surface area contributed by atoms with Gasteiger partial charge < -0.3 is 5.32 Å². The topological polar surface area (TPSA) is 46.2 Å². The highest BCUT2D eigenvalue weighted by Crippen LogP contribution is 2.36. The fourth-order valence-corrected chi connectivity index (χ4v) is 3.59. The summed E-state index contributed by atoms with van der Waals surface area (Å²) in [7, 11) is 0. The van der Waals surface area contributed by atoms with Crippen molar-refractivity contribution in [3.8, 4) is 11.1 Å². The van der Waals surface area contributed by atoms with Crippen LogP contribution in [0.2, 0.25) is 4.34 Å². The highest BCUT2D eigenvalue weighted by Gasteiger charge is 2.17. The minimum absolute atomic E-state index is 0.0704. The van der Waals surface area contributed by atoms with Gasteiger partial charge in [0.1, 0.15) is 21.5 Å². The van der Waals surface area contributed by atoms with Crippen LogP contribution in [0.15, 0.2) is 48.5 Å². The molecule has 0 saturated heterocycles. The van der Waals surface area contributed by atoms with Gasteiger partial charge in [0.25, 0.3) is 5.91 Å². The summed E-state index contributed by atoms with van der Waals surface area (Å²) in [6, 6.07) is 11.5. The summed E-state index contributed by atoms with van der Waals surface area (Å²) < 4.78 is 27.8. The lowest BCUT2D eigenvalue weighted by atomic mass is 10.1. The van der Waals surface area contributed by atoms with Gasteiger partial charge in [0, 0.05) is 11.3 Å². The summed E-state index contributed by atoms with van der Waals surface area (Å²) in [5.41, 5.74) is 1.21. The highest BCUT2D eigenvalue weighted by molar-refractivity contribution is 7.18. The van der Waals surface area contributed by atoms with Gasteiger partial charge in [-0.15, -0.1) is 11.3 Å². The van der Waals surface area contributed by atoms with Crippen molar-refractivity contribution in [3.05, 3.63) is 74.9 Å². The largest absolute Gasteiger partial charge is 0.322 e. The van der Waals surface area contributed by atoms with Crippen molar-refractivity contribution in [2.24, 2.45) is 0 Å². The number of amides is 1. The van der Waals surface area contributed by atoms with Crippen LogP contribution < -0.4 is 5.32 Å². The molecule has 7 heteroatoms. The van der Waals surface area contributed by atoms with Crippen molar-refractivity contribution < 1.29 is 18.4 Å². The number of carbonyl (C=O) groups excluding carboxylic acids is 2. The maximum atomic E-state index is 13.7. The minimum Gasteiger partial charge on any atom is -0.322 e. The lowest BCUT2D eigenvalue weighted by molar-refractivity contribution is 0.101. The van der Waals surface area contributed by atoms with Gasteiger partial charge in [0.2, 0.25) is 0 Å². The molecule has 0 atom stereocenters. The zero-order valence-corrected chi connectivity index (χ0v) is 15.0. The number of rotatable bonds is 4. The molecule has 132 valence electrons. The Kier molecular flexibility index (Phi) is 5.15. The first-order chi connectivity index (χ1) is 12.4. The maximum Gasteiger partial charge on any atom is 0.261 e. The molecule has 3 rings (SSSR count). The van der Waals surface area contributed by atoms with Crippen LogP contribution in [0.5, 0.6) is 0 Å². The molecule has 1 N–H and O–H groups in total. The van der Waals surface area contributed by atoms with Gasteiger partial charge in [0.15, 0.2) is 5.78 Å². The van der Waals surface area contributed by atoms with Crippen LogP contribution in [0.1, 0.15) is 27.0 Å². The van der Waals surface area contributed by atoms with E-state index in [9.17, 15) is 18.4 Å². The van der Waals surface area contributed by atoms with E-state index in [1.807, 2.05) is 0 Å². The Hall–Kier alpha value is -2.57. The summed E-state index contributed by atoms with van der Waals surface area (Å²) >= 11 is 7.37. The zero-order chi connectivity index (χ0) is 18.8. The van der Waals surface area contributed by atoms with E-state index in [-0.39, 0.29) is 5.78 Å². The highest BCUT2D eigenvalue weighted by atomic mass is 35.5. The first kappa shape index (κ1) is 18.2. The SMILES string of the molecule is CC(=O)c1cc(-c2ccc(NC(=O)c3c(F)cccc3F)cc2)c(Cl)s1. The summed E-state index contributed by atoms with van der Waals surface area (Å²) in [5, 5.41) is 2.45. The minimum atomic E-state index is -0.930. The second-order valence-corrected chi connectivity index (χ2v) is 7.14. The molecular weight excluding hydrogens is 380 g/mol. The number of halogens is 3. The molecule has 0 radical (unpaired) electrons. The van der Waals surface area contributed by atoms with Crippen LogP contribution in [0.3, 0.4) is 0 Å². The van der Waals surface area contributed by atoms with Crippen molar-refractivity contribution >= 4 is 40.3 Å². The summed E-state index contributed by atoms with van der Waals surface area (Å²) in [4.78, 5) is 24.1. The third-order valence-corrected chi connectivity index (χ3v) is 5.14. The Labute approximate surface area is 157 Å². The average molecular weight is 392 g/mol.